The third-order valence-electron chi connectivity index (χ3n) is 3.55. The fourth-order valence-corrected chi connectivity index (χ4v) is 2.31. The van der Waals surface area contributed by atoms with E-state index in [-0.39, 0.29) is 11.7 Å². The topological polar surface area (TPSA) is 58.4 Å². The van der Waals surface area contributed by atoms with Gasteiger partial charge in [-0.3, -0.25) is 10.1 Å². The first-order valence-electron chi connectivity index (χ1n) is 6.37. The van der Waals surface area contributed by atoms with E-state index < -0.39 is 10.7 Å². The number of benzene rings is 1. The number of rotatable bonds is 3. The van der Waals surface area contributed by atoms with Crippen LogP contribution in [0.25, 0.3) is 0 Å². The molecular formula is C13H18FN3O2. The molecule has 19 heavy (non-hydrogen) atoms. The van der Waals surface area contributed by atoms with Crippen molar-refractivity contribution < 1.29 is 9.31 Å². The van der Waals surface area contributed by atoms with Crippen LogP contribution in [0.4, 0.5) is 15.8 Å². The number of nitro benzene ring substituents is 1. The number of aryl methyl sites for hydroxylation is 1. The molecule has 5 nitrogen and oxygen atoms in total. The van der Waals surface area contributed by atoms with Gasteiger partial charge >= 0.3 is 0 Å². The molecule has 1 fully saturated rings. The number of anilines is 1. The standard InChI is InChI=1S/C13H18FN3O2/c1-9-7-12(13(17(18)19)8-11(9)14)15-10-3-5-16(2)6-4-10/h7-8,10,15H,3-6H2,1-2H3. The first-order chi connectivity index (χ1) is 8.97. The fourth-order valence-electron chi connectivity index (χ4n) is 2.31. The maximum Gasteiger partial charge on any atom is 0.295 e. The fraction of sp³-hybridized carbons (Fsp3) is 0.538. The van der Waals surface area contributed by atoms with Gasteiger partial charge < -0.3 is 10.2 Å². The molecule has 1 aliphatic heterocycles. The van der Waals surface area contributed by atoms with E-state index in [1.165, 1.54) is 6.07 Å². The highest BCUT2D eigenvalue weighted by Crippen LogP contribution is 2.29. The first-order valence-corrected chi connectivity index (χ1v) is 6.37. The van der Waals surface area contributed by atoms with Crippen LogP contribution in [0.3, 0.4) is 0 Å². The minimum absolute atomic E-state index is 0.193. The summed E-state index contributed by atoms with van der Waals surface area (Å²) < 4.78 is 13.4. The van der Waals surface area contributed by atoms with Crippen molar-refractivity contribution in [2.75, 3.05) is 25.5 Å². The zero-order valence-corrected chi connectivity index (χ0v) is 11.1. The Balaban J connectivity index is 2.19. The number of hydrogen-bond acceptors (Lipinski definition) is 4. The van der Waals surface area contributed by atoms with Crippen LogP contribution in [0.5, 0.6) is 0 Å². The van der Waals surface area contributed by atoms with E-state index in [0.717, 1.165) is 32.0 Å². The second-order valence-corrected chi connectivity index (χ2v) is 5.10. The molecule has 104 valence electrons. The average molecular weight is 267 g/mol. The lowest BCUT2D eigenvalue weighted by Crippen LogP contribution is -2.36. The zero-order chi connectivity index (χ0) is 14.0. The Morgan fingerprint density at radius 1 is 1.42 bits per heavy atom. The van der Waals surface area contributed by atoms with Gasteiger partial charge in [-0.25, -0.2) is 4.39 Å². The highest BCUT2D eigenvalue weighted by Gasteiger charge is 2.22. The van der Waals surface area contributed by atoms with E-state index in [1.807, 2.05) is 0 Å². The maximum atomic E-state index is 13.4. The number of nitrogens with one attached hydrogen (secondary N) is 1. The van der Waals surface area contributed by atoms with Gasteiger partial charge in [0.1, 0.15) is 11.5 Å². The summed E-state index contributed by atoms with van der Waals surface area (Å²) in [5.41, 5.74) is 0.640. The third-order valence-corrected chi connectivity index (χ3v) is 3.55. The zero-order valence-electron chi connectivity index (χ0n) is 11.1. The van der Waals surface area contributed by atoms with Gasteiger partial charge in [0.05, 0.1) is 11.0 Å². The van der Waals surface area contributed by atoms with E-state index in [2.05, 4.69) is 17.3 Å². The van der Waals surface area contributed by atoms with Gasteiger partial charge in [0.2, 0.25) is 0 Å². The van der Waals surface area contributed by atoms with Gasteiger partial charge in [-0.05, 0) is 51.5 Å². The third kappa shape index (κ3) is 3.20. The Kier molecular flexibility index (Phi) is 3.99. The molecule has 0 aromatic heterocycles. The largest absolute Gasteiger partial charge is 0.377 e. The molecule has 0 atom stereocenters. The number of likely N-dealkylation sites (tertiary alicyclic amines) is 1. The number of piperidine rings is 1. The first kappa shape index (κ1) is 13.7. The Hall–Kier alpha value is -1.69. The Bertz CT molecular complexity index is 485. The molecule has 0 saturated carbocycles. The molecule has 0 bridgehead atoms. The summed E-state index contributed by atoms with van der Waals surface area (Å²) in [5, 5.41) is 14.2. The Morgan fingerprint density at radius 2 is 2.05 bits per heavy atom. The van der Waals surface area contributed by atoms with Crippen LogP contribution in [0, 0.1) is 22.9 Å². The molecule has 0 aliphatic carbocycles. The summed E-state index contributed by atoms with van der Waals surface area (Å²) in [5.74, 6) is -0.541. The second-order valence-electron chi connectivity index (χ2n) is 5.10. The molecule has 1 heterocycles. The molecule has 1 aromatic carbocycles. The van der Waals surface area contributed by atoms with Crippen molar-refractivity contribution in [2.24, 2.45) is 0 Å². The van der Waals surface area contributed by atoms with Gasteiger partial charge in [-0.1, -0.05) is 0 Å². The van der Waals surface area contributed by atoms with Gasteiger partial charge in [0.15, 0.2) is 0 Å². The van der Waals surface area contributed by atoms with Crippen molar-refractivity contribution in [1.29, 1.82) is 0 Å². The number of hydrogen-bond donors (Lipinski definition) is 1. The Morgan fingerprint density at radius 3 is 2.63 bits per heavy atom. The van der Waals surface area contributed by atoms with Crippen molar-refractivity contribution in [2.45, 2.75) is 25.8 Å². The summed E-state index contributed by atoms with van der Waals surface area (Å²) in [6.45, 7) is 3.54. The normalized spacial score (nSPS) is 17.4. The van der Waals surface area contributed by atoms with E-state index >= 15 is 0 Å². The SMILES string of the molecule is Cc1cc(NC2CCN(C)CC2)c([N+](=O)[O-])cc1F. The molecule has 0 spiro atoms. The monoisotopic (exact) mass is 267 g/mol. The van der Waals surface area contributed by atoms with Crippen molar-refractivity contribution in [3.05, 3.63) is 33.6 Å². The summed E-state index contributed by atoms with van der Waals surface area (Å²) >= 11 is 0. The second kappa shape index (κ2) is 5.52. The van der Waals surface area contributed by atoms with Crippen LogP contribution in [0.2, 0.25) is 0 Å². The van der Waals surface area contributed by atoms with Crippen LogP contribution >= 0.6 is 0 Å². The molecule has 0 unspecified atom stereocenters. The van der Waals surface area contributed by atoms with Crippen LogP contribution in [0.15, 0.2) is 12.1 Å². The van der Waals surface area contributed by atoms with Crippen LogP contribution in [-0.4, -0.2) is 36.0 Å². The van der Waals surface area contributed by atoms with Gasteiger partial charge in [0.25, 0.3) is 5.69 Å². The molecule has 1 N–H and O–H groups in total. The lowest BCUT2D eigenvalue weighted by Gasteiger charge is -2.30. The van der Waals surface area contributed by atoms with Crippen molar-refractivity contribution >= 4 is 11.4 Å². The molecule has 2 rings (SSSR count). The summed E-state index contributed by atoms with van der Waals surface area (Å²) in [7, 11) is 2.06. The molecule has 0 amide bonds. The number of nitrogens with zero attached hydrogens (tertiary/aromatic N) is 2. The van der Waals surface area contributed by atoms with Crippen molar-refractivity contribution in [3.63, 3.8) is 0 Å². The molecule has 1 aromatic rings. The highest BCUT2D eigenvalue weighted by molar-refractivity contribution is 5.63. The van der Waals surface area contributed by atoms with E-state index in [1.54, 1.807) is 6.92 Å². The number of halogens is 1. The van der Waals surface area contributed by atoms with Crippen molar-refractivity contribution in [1.82, 2.24) is 4.90 Å². The van der Waals surface area contributed by atoms with Gasteiger partial charge in [-0.15, -0.1) is 0 Å². The van der Waals surface area contributed by atoms with Crippen LogP contribution in [0.1, 0.15) is 18.4 Å². The smallest absolute Gasteiger partial charge is 0.295 e. The summed E-state index contributed by atoms with van der Waals surface area (Å²) in [4.78, 5) is 12.7. The minimum Gasteiger partial charge on any atom is -0.377 e. The van der Waals surface area contributed by atoms with Crippen LogP contribution in [-0.2, 0) is 0 Å². The van der Waals surface area contributed by atoms with Crippen molar-refractivity contribution in [3.8, 4) is 0 Å². The predicted octanol–water partition coefficient (Wildman–Crippen LogP) is 2.55. The summed E-state index contributed by atoms with van der Waals surface area (Å²) in [6.07, 6.45) is 1.87. The number of nitro groups is 1. The van der Waals surface area contributed by atoms with Crippen LogP contribution < -0.4 is 5.32 Å². The summed E-state index contributed by atoms with van der Waals surface area (Å²) in [6, 6.07) is 2.72. The lowest BCUT2D eigenvalue weighted by atomic mass is 10.0. The van der Waals surface area contributed by atoms with E-state index in [0.29, 0.717) is 11.3 Å². The molecule has 0 radical (unpaired) electrons. The van der Waals surface area contributed by atoms with E-state index in [4.69, 9.17) is 0 Å². The molecular weight excluding hydrogens is 249 g/mol. The maximum absolute atomic E-state index is 13.4. The average Bonchev–Trinajstić information content (AvgIpc) is 2.36. The lowest BCUT2D eigenvalue weighted by molar-refractivity contribution is -0.384. The molecule has 1 aliphatic rings. The molecule has 1 saturated heterocycles. The Labute approximate surface area is 111 Å². The highest BCUT2D eigenvalue weighted by atomic mass is 19.1. The predicted molar refractivity (Wildman–Crippen MR) is 71.9 cm³/mol. The van der Waals surface area contributed by atoms with Gasteiger partial charge in [0, 0.05) is 6.04 Å². The minimum atomic E-state index is -0.542. The van der Waals surface area contributed by atoms with Gasteiger partial charge in [-0.2, -0.15) is 0 Å². The molecule has 6 heteroatoms. The quantitative estimate of drug-likeness (QED) is 0.675. The van der Waals surface area contributed by atoms with E-state index in [9.17, 15) is 14.5 Å².